The number of rotatable bonds is 6. The predicted molar refractivity (Wildman–Crippen MR) is 113 cm³/mol. The average Bonchev–Trinajstić information content (AvgIpc) is 3.39. The van der Waals surface area contributed by atoms with Gasteiger partial charge in [-0.2, -0.15) is 0 Å². The molecule has 172 valence electrons. The summed E-state index contributed by atoms with van der Waals surface area (Å²) in [5.74, 6) is -5.61. The zero-order valence-electron chi connectivity index (χ0n) is 18.1. The van der Waals surface area contributed by atoms with E-state index in [2.05, 4.69) is 5.32 Å². The van der Waals surface area contributed by atoms with Crippen LogP contribution in [0.15, 0.2) is 60.7 Å². The number of ether oxygens (including phenoxy) is 4. The van der Waals surface area contributed by atoms with Gasteiger partial charge >= 0.3 is 23.9 Å². The van der Waals surface area contributed by atoms with Gasteiger partial charge in [0.15, 0.2) is 0 Å². The van der Waals surface area contributed by atoms with Crippen LogP contribution in [0, 0.1) is 11.8 Å². The van der Waals surface area contributed by atoms with Gasteiger partial charge in [-0.25, -0.2) is 0 Å². The van der Waals surface area contributed by atoms with E-state index >= 15 is 0 Å². The molecule has 2 heterocycles. The van der Waals surface area contributed by atoms with Crippen LogP contribution in [-0.4, -0.2) is 49.2 Å². The highest BCUT2D eigenvalue weighted by Gasteiger charge is 2.77. The van der Waals surface area contributed by atoms with Crippen molar-refractivity contribution in [3.63, 3.8) is 0 Å². The van der Waals surface area contributed by atoms with Crippen LogP contribution in [0.2, 0.25) is 0 Å². The largest absolute Gasteiger partial charge is 0.468 e. The lowest BCUT2D eigenvalue weighted by Gasteiger charge is -2.35. The molecule has 1 N–H and O–H groups in total. The van der Waals surface area contributed by atoms with Crippen LogP contribution in [0.3, 0.4) is 0 Å². The zero-order chi connectivity index (χ0) is 23.6. The molecule has 0 aliphatic carbocycles. The molecule has 9 nitrogen and oxygen atoms in total. The van der Waals surface area contributed by atoms with E-state index in [-0.39, 0.29) is 24.3 Å². The molecule has 0 amide bonds. The van der Waals surface area contributed by atoms with Crippen molar-refractivity contribution < 1.29 is 38.1 Å². The molecule has 0 spiro atoms. The van der Waals surface area contributed by atoms with E-state index in [0.717, 1.165) is 0 Å². The molecule has 0 aromatic heterocycles. The maximum absolute atomic E-state index is 13.4. The number of fused-ring (bicyclic) bond motifs is 2. The third-order valence-electron chi connectivity index (χ3n) is 6.29. The van der Waals surface area contributed by atoms with Crippen molar-refractivity contribution in [2.45, 2.75) is 23.9 Å². The van der Waals surface area contributed by atoms with E-state index in [4.69, 9.17) is 18.9 Å². The van der Waals surface area contributed by atoms with Gasteiger partial charge < -0.3 is 18.9 Å². The second-order valence-corrected chi connectivity index (χ2v) is 7.97. The summed E-state index contributed by atoms with van der Waals surface area (Å²) in [4.78, 5) is 52.7. The molecule has 2 aromatic rings. The number of para-hydroxylation sites is 2. The average molecular weight is 453 g/mol. The Hall–Kier alpha value is -3.72. The minimum absolute atomic E-state index is 0.0679. The summed E-state index contributed by atoms with van der Waals surface area (Å²) < 4.78 is 21.0. The Kier molecular flexibility index (Phi) is 5.90. The molecule has 2 aliphatic heterocycles. The summed E-state index contributed by atoms with van der Waals surface area (Å²) in [6.07, 6.45) is 0.136. The Bertz CT molecular complexity index is 987. The second-order valence-electron chi connectivity index (χ2n) is 7.97. The maximum atomic E-state index is 13.4. The summed E-state index contributed by atoms with van der Waals surface area (Å²) in [6.45, 7) is 0. The van der Waals surface area contributed by atoms with Crippen LogP contribution in [-0.2, 0) is 28.7 Å². The van der Waals surface area contributed by atoms with Gasteiger partial charge in [-0.15, -0.1) is 0 Å². The minimum Gasteiger partial charge on any atom is -0.468 e. The lowest BCUT2D eigenvalue weighted by atomic mass is 9.66. The third kappa shape index (κ3) is 3.64. The van der Waals surface area contributed by atoms with Crippen LogP contribution in [0.25, 0.3) is 0 Å². The molecule has 4 atom stereocenters. The molecule has 4 rings (SSSR count). The highest BCUT2D eigenvalue weighted by atomic mass is 16.6. The summed E-state index contributed by atoms with van der Waals surface area (Å²) in [5.41, 5.74) is -3.32. The lowest BCUT2D eigenvalue weighted by Crippen LogP contribution is -2.55. The summed E-state index contributed by atoms with van der Waals surface area (Å²) >= 11 is 0. The monoisotopic (exact) mass is 453 g/mol. The fraction of sp³-hybridized carbons (Fsp3) is 0.333. The summed E-state index contributed by atoms with van der Waals surface area (Å²) in [5, 5.41) is 2.94. The quantitative estimate of drug-likeness (QED) is 0.515. The first-order valence-corrected chi connectivity index (χ1v) is 10.4. The Labute approximate surface area is 190 Å². The van der Waals surface area contributed by atoms with Gasteiger partial charge in [-0.1, -0.05) is 36.4 Å². The van der Waals surface area contributed by atoms with E-state index in [1.165, 1.54) is 14.2 Å². The summed E-state index contributed by atoms with van der Waals surface area (Å²) in [7, 11) is 2.35. The third-order valence-corrected chi connectivity index (χ3v) is 6.29. The van der Waals surface area contributed by atoms with Crippen LogP contribution >= 0.6 is 0 Å². The van der Waals surface area contributed by atoms with Crippen molar-refractivity contribution in [1.29, 1.82) is 0 Å². The Morgan fingerprint density at radius 1 is 0.697 bits per heavy atom. The molecular formula is C24H23NO8. The second kappa shape index (κ2) is 8.67. The SMILES string of the molecule is COC(=O)[C@]12CC[C@](C(=O)OC)(N1)[C@H](C(=O)Oc1ccccc1)[C@@H]2C(=O)Oc1ccccc1. The van der Waals surface area contributed by atoms with Gasteiger partial charge in [0.25, 0.3) is 0 Å². The van der Waals surface area contributed by atoms with Crippen molar-refractivity contribution in [3.8, 4) is 11.5 Å². The Morgan fingerprint density at radius 2 is 1.06 bits per heavy atom. The van der Waals surface area contributed by atoms with Gasteiger partial charge in [-0.05, 0) is 37.1 Å². The first-order chi connectivity index (χ1) is 15.9. The van der Waals surface area contributed by atoms with E-state index in [0.29, 0.717) is 0 Å². The van der Waals surface area contributed by atoms with Crippen molar-refractivity contribution in [3.05, 3.63) is 60.7 Å². The lowest BCUT2D eigenvalue weighted by molar-refractivity contribution is -0.165. The first kappa shape index (κ1) is 22.5. The molecule has 33 heavy (non-hydrogen) atoms. The minimum atomic E-state index is -1.66. The zero-order valence-corrected chi connectivity index (χ0v) is 18.1. The predicted octanol–water partition coefficient (Wildman–Crippen LogP) is 1.65. The topological polar surface area (TPSA) is 117 Å². The highest BCUT2D eigenvalue weighted by Crippen LogP contribution is 2.54. The maximum Gasteiger partial charge on any atom is 0.327 e. The standard InChI is InChI=1S/C24H23NO8/c1-30-21(28)23-13-14-24(25-23,22(29)31-2)18(20(27)33-16-11-7-4-8-12-16)17(23)19(26)32-15-9-5-3-6-10-15/h3-12,17-18,25H,13-14H2,1-2H3/t17-,18+,23-,24+. The first-order valence-electron chi connectivity index (χ1n) is 10.4. The van der Waals surface area contributed by atoms with Gasteiger partial charge in [0.05, 0.1) is 14.2 Å². The molecule has 2 bridgehead atoms. The Balaban J connectivity index is 1.79. The Morgan fingerprint density at radius 3 is 1.39 bits per heavy atom. The molecule has 2 saturated heterocycles. The molecule has 0 unspecified atom stereocenters. The van der Waals surface area contributed by atoms with E-state index < -0.39 is 46.8 Å². The number of nitrogens with one attached hydrogen (secondary N) is 1. The number of esters is 4. The number of hydrogen-bond donors (Lipinski definition) is 1. The van der Waals surface area contributed by atoms with Gasteiger partial charge in [-0.3, -0.25) is 24.5 Å². The van der Waals surface area contributed by atoms with Crippen molar-refractivity contribution in [2.24, 2.45) is 11.8 Å². The van der Waals surface area contributed by atoms with Crippen molar-refractivity contribution in [2.75, 3.05) is 14.2 Å². The molecule has 2 aliphatic rings. The van der Waals surface area contributed by atoms with Gasteiger partial charge in [0, 0.05) is 0 Å². The van der Waals surface area contributed by atoms with E-state index in [1.807, 2.05) is 0 Å². The molecule has 2 fully saturated rings. The molecule has 0 saturated carbocycles. The number of carbonyl (C=O) groups is 4. The van der Waals surface area contributed by atoms with E-state index in [9.17, 15) is 19.2 Å². The fourth-order valence-electron chi connectivity index (χ4n) is 4.89. The van der Waals surface area contributed by atoms with Crippen LogP contribution in [0.4, 0.5) is 0 Å². The number of methoxy groups -OCH3 is 2. The van der Waals surface area contributed by atoms with Gasteiger partial charge in [0.2, 0.25) is 0 Å². The smallest absolute Gasteiger partial charge is 0.327 e. The number of benzene rings is 2. The van der Waals surface area contributed by atoms with Crippen molar-refractivity contribution >= 4 is 23.9 Å². The van der Waals surface area contributed by atoms with Crippen LogP contribution < -0.4 is 14.8 Å². The van der Waals surface area contributed by atoms with Gasteiger partial charge in [0.1, 0.15) is 34.4 Å². The molecule has 0 radical (unpaired) electrons. The van der Waals surface area contributed by atoms with E-state index in [1.54, 1.807) is 60.7 Å². The van der Waals surface area contributed by atoms with Crippen molar-refractivity contribution in [1.82, 2.24) is 5.32 Å². The molecule has 9 heteroatoms. The number of carbonyl (C=O) groups excluding carboxylic acids is 4. The van der Waals surface area contributed by atoms with Crippen LogP contribution in [0.1, 0.15) is 12.8 Å². The van der Waals surface area contributed by atoms with Crippen LogP contribution in [0.5, 0.6) is 11.5 Å². The summed E-state index contributed by atoms with van der Waals surface area (Å²) in [6, 6.07) is 16.5. The highest BCUT2D eigenvalue weighted by molar-refractivity contribution is 6.02. The molecular weight excluding hydrogens is 430 g/mol. The molecule has 2 aromatic carbocycles. The number of hydrogen-bond acceptors (Lipinski definition) is 9. The fourth-order valence-corrected chi connectivity index (χ4v) is 4.89. The normalized spacial score (nSPS) is 27.5.